The molecule has 0 spiro atoms. The number of para-hydroxylation sites is 1. The number of esters is 1. The number of carbonyl (C=O) groups excluding carboxylic acids is 1. The number of rotatable bonds is 3. The van der Waals surface area contributed by atoms with Crippen LogP contribution in [0.3, 0.4) is 0 Å². The van der Waals surface area contributed by atoms with Crippen molar-refractivity contribution in [1.29, 1.82) is 5.26 Å². The Bertz CT molecular complexity index is 623. The summed E-state index contributed by atoms with van der Waals surface area (Å²) in [7, 11) is 0. The molecule has 23 heavy (non-hydrogen) atoms. The van der Waals surface area contributed by atoms with Gasteiger partial charge in [-0.1, -0.05) is 6.07 Å². The maximum absolute atomic E-state index is 13.3. The number of hydrogen-bond acceptors (Lipinski definition) is 4. The molecule has 1 atom stereocenters. The smallest absolute Gasteiger partial charge is 0.418 e. The predicted molar refractivity (Wildman–Crippen MR) is 77.7 cm³/mol. The topological polar surface area (TPSA) is 53.3 Å². The Morgan fingerprint density at radius 3 is 2.83 bits per heavy atom. The minimum absolute atomic E-state index is 0.0377. The van der Waals surface area contributed by atoms with Crippen molar-refractivity contribution in [3.63, 3.8) is 0 Å². The molecule has 0 N–H and O–H groups in total. The van der Waals surface area contributed by atoms with Gasteiger partial charge in [-0.2, -0.15) is 18.4 Å². The third-order valence-electron chi connectivity index (χ3n) is 3.82. The molecule has 124 valence electrons. The third kappa shape index (κ3) is 3.76. The zero-order valence-corrected chi connectivity index (χ0v) is 12.7. The quantitative estimate of drug-likeness (QED) is 0.799. The first-order valence-electron chi connectivity index (χ1n) is 7.40. The number of alkyl halides is 3. The summed E-state index contributed by atoms with van der Waals surface area (Å²) in [5.74, 6) is -0.878. The van der Waals surface area contributed by atoms with E-state index >= 15 is 0 Å². The SMILES string of the molecule is CCOC(=O)C1CCCN(c2c(C#N)cccc2C(F)(F)F)C1. The number of hydrogen-bond donors (Lipinski definition) is 0. The lowest BCUT2D eigenvalue weighted by molar-refractivity contribution is -0.148. The Hall–Kier alpha value is -2.23. The molecule has 1 heterocycles. The summed E-state index contributed by atoms with van der Waals surface area (Å²) in [5.41, 5.74) is -1.03. The van der Waals surface area contributed by atoms with Crippen LogP contribution in [-0.4, -0.2) is 25.7 Å². The molecule has 0 saturated carbocycles. The molecular weight excluding hydrogens is 309 g/mol. The molecule has 1 aromatic rings. The van der Waals surface area contributed by atoms with E-state index in [1.165, 1.54) is 17.0 Å². The summed E-state index contributed by atoms with van der Waals surface area (Å²) in [6, 6.07) is 5.36. The van der Waals surface area contributed by atoms with Gasteiger partial charge in [-0.25, -0.2) is 0 Å². The van der Waals surface area contributed by atoms with Crippen molar-refractivity contribution in [3.8, 4) is 6.07 Å². The number of nitrogens with zero attached hydrogens (tertiary/aromatic N) is 2. The lowest BCUT2D eigenvalue weighted by Crippen LogP contribution is -2.40. The molecule has 1 saturated heterocycles. The lowest BCUT2D eigenvalue weighted by atomic mass is 9.95. The van der Waals surface area contributed by atoms with Gasteiger partial charge in [0, 0.05) is 13.1 Å². The first kappa shape index (κ1) is 17.1. The van der Waals surface area contributed by atoms with E-state index < -0.39 is 23.6 Å². The Morgan fingerprint density at radius 1 is 1.48 bits per heavy atom. The zero-order chi connectivity index (χ0) is 17.0. The van der Waals surface area contributed by atoms with Crippen molar-refractivity contribution in [2.75, 3.05) is 24.6 Å². The third-order valence-corrected chi connectivity index (χ3v) is 3.82. The minimum atomic E-state index is -4.56. The highest BCUT2D eigenvalue weighted by atomic mass is 19.4. The maximum atomic E-state index is 13.3. The monoisotopic (exact) mass is 326 g/mol. The van der Waals surface area contributed by atoms with Gasteiger partial charge in [0.2, 0.25) is 0 Å². The number of halogens is 3. The van der Waals surface area contributed by atoms with E-state index in [9.17, 15) is 18.0 Å². The summed E-state index contributed by atoms with van der Waals surface area (Å²) < 4.78 is 44.8. The van der Waals surface area contributed by atoms with Crippen molar-refractivity contribution in [2.24, 2.45) is 5.92 Å². The maximum Gasteiger partial charge on any atom is 0.418 e. The van der Waals surface area contributed by atoms with Crippen molar-refractivity contribution >= 4 is 11.7 Å². The van der Waals surface area contributed by atoms with E-state index in [2.05, 4.69) is 0 Å². The van der Waals surface area contributed by atoms with Crippen LogP contribution in [0.1, 0.15) is 30.9 Å². The van der Waals surface area contributed by atoms with Gasteiger partial charge in [-0.3, -0.25) is 4.79 Å². The van der Waals surface area contributed by atoms with E-state index in [-0.39, 0.29) is 24.4 Å². The lowest BCUT2D eigenvalue weighted by Gasteiger charge is -2.35. The van der Waals surface area contributed by atoms with E-state index in [0.717, 1.165) is 6.07 Å². The van der Waals surface area contributed by atoms with E-state index in [1.54, 1.807) is 6.92 Å². The van der Waals surface area contributed by atoms with Crippen LogP contribution in [0.15, 0.2) is 18.2 Å². The van der Waals surface area contributed by atoms with E-state index in [4.69, 9.17) is 10.00 Å². The fourth-order valence-corrected chi connectivity index (χ4v) is 2.84. The van der Waals surface area contributed by atoms with Crippen LogP contribution in [0.4, 0.5) is 18.9 Å². The highest BCUT2D eigenvalue weighted by Crippen LogP contribution is 2.39. The molecule has 1 aliphatic rings. The normalized spacial score (nSPS) is 18.4. The first-order chi connectivity index (χ1) is 10.9. The van der Waals surface area contributed by atoms with Gasteiger partial charge in [-0.15, -0.1) is 0 Å². The van der Waals surface area contributed by atoms with Gasteiger partial charge in [0.15, 0.2) is 0 Å². The number of piperidine rings is 1. The molecule has 1 fully saturated rings. The Labute approximate surface area is 132 Å². The second-order valence-corrected chi connectivity index (χ2v) is 5.35. The average Bonchev–Trinajstić information content (AvgIpc) is 2.53. The Morgan fingerprint density at radius 2 is 2.22 bits per heavy atom. The number of nitriles is 1. The molecular formula is C16H17F3N2O2. The van der Waals surface area contributed by atoms with Crippen molar-refractivity contribution < 1.29 is 22.7 Å². The van der Waals surface area contributed by atoms with Gasteiger partial charge in [-0.05, 0) is 31.9 Å². The van der Waals surface area contributed by atoms with Crippen molar-refractivity contribution in [2.45, 2.75) is 25.9 Å². The molecule has 0 amide bonds. The fourth-order valence-electron chi connectivity index (χ4n) is 2.84. The summed E-state index contributed by atoms with van der Waals surface area (Å²) in [5, 5.41) is 9.16. The molecule has 0 aliphatic carbocycles. The van der Waals surface area contributed by atoms with E-state index in [0.29, 0.717) is 19.4 Å². The van der Waals surface area contributed by atoms with Crippen LogP contribution in [0.2, 0.25) is 0 Å². The fraction of sp³-hybridized carbons (Fsp3) is 0.500. The second kappa shape index (κ2) is 6.90. The number of carbonyl (C=O) groups is 1. The second-order valence-electron chi connectivity index (χ2n) is 5.35. The van der Waals surface area contributed by atoms with Crippen LogP contribution in [0.5, 0.6) is 0 Å². The highest BCUT2D eigenvalue weighted by molar-refractivity contribution is 5.74. The van der Waals surface area contributed by atoms with Crippen molar-refractivity contribution in [3.05, 3.63) is 29.3 Å². The molecule has 0 aromatic heterocycles. The van der Waals surface area contributed by atoms with Gasteiger partial charge >= 0.3 is 12.1 Å². The molecule has 7 heteroatoms. The van der Waals surface area contributed by atoms with Crippen LogP contribution in [0, 0.1) is 17.2 Å². The molecule has 0 radical (unpaired) electrons. The van der Waals surface area contributed by atoms with Gasteiger partial charge < -0.3 is 9.64 Å². The summed E-state index contributed by atoms with van der Waals surface area (Å²) in [6.07, 6.45) is -3.41. The molecule has 4 nitrogen and oxygen atoms in total. The molecule has 1 aliphatic heterocycles. The largest absolute Gasteiger partial charge is 0.466 e. The first-order valence-corrected chi connectivity index (χ1v) is 7.40. The molecule has 1 unspecified atom stereocenters. The summed E-state index contributed by atoms with van der Waals surface area (Å²) in [6.45, 7) is 2.42. The molecule has 2 rings (SSSR count). The van der Waals surface area contributed by atoms with Crippen molar-refractivity contribution in [1.82, 2.24) is 0 Å². The van der Waals surface area contributed by atoms with Crippen LogP contribution < -0.4 is 4.90 Å². The highest BCUT2D eigenvalue weighted by Gasteiger charge is 2.38. The van der Waals surface area contributed by atoms with Crippen LogP contribution in [0.25, 0.3) is 0 Å². The summed E-state index contributed by atoms with van der Waals surface area (Å²) in [4.78, 5) is 13.4. The number of benzene rings is 1. The van der Waals surface area contributed by atoms with Gasteiger partial charge in [0.25, 0.3) is 0 Å². The van der Waals surface area contributed by atoms with E-state index in [1.807, 2.05) is 6.07 Å². The molecule has 1 aromatic carbocycles. The van der Waals surface area contributed by atoms with Gasteiger partial charge in [0.1, 0.15) is 6.07 Å². The van der Waals surface area contributed by atoms with Crippen LogP contribution >= 0.6 is 0 Å². The summed E-state index contributed by atoms with van der Waals surface area (Å²) >= 11 is 0. The zero-order valence-electron chi connectivity index (χ0n) is 12.7. The predicted octanol–water partition coefficient (Wildman–Crippen LogP) is 3.36. The average molecular weight is 326 g/mol. The Kier molecular flexibility index (Phi) is 5.14. The van der Waals surface area contributed by atoms with Crippen LogP contribution in [-0.2, 0) is 15.7 Å². The standard InChI is InChI=1S/C16H17F3N2O2/c1-2-23-15(22)12-6-4-8-21(10-12)14-11(9-20)5-3-7-13(14)16(17,18)19/h3,5,7,12H,2,4,6,8,10H2,1H3. The van der Waals surface area contributed by atoms with Gasteiger partial charge in [0.05, 0.1) is 29.3 Å². The molecule has 0 bridgehead atoms. The minimum Gasteiger partial charge on any atom is -0.466 e. The number of ether oxygens (including phenoxy) is 1. The Balaban J connectivity index is 2.37. The number of anilines is 1.